The lowest BCUT2D eigenvalue weighted by Gasteiger charge is -2.12. The number of aromatic nitrogens is 1. The minimum absolute atomic E-state index is 0.232. The van der Waals surface area contributed by atoms with Gasteiger partial charge in [-0.3, -0.25) is 4.98 Å². The first kappa shape index (κ1) is 11.1. The van der Waals surface area contributed by atoms with Crippen LogP contribution in [0.5, 0.6) is 0 Å². The summed E-state index contributed by atoms with van der Waals surface area (Å²) in [6.45, 7) is 5.12. The van der Waals surface area contributed by atoms with Crippen LogP contribution in [-0.2, 0) is 6.54 Å². The Morgan fingerprint density at radius 2 is 2.36 bits per heavy atom. The van der Waals surface area contributed by atoms with E-state index < -0.39 is 0 Å². The molecular weight excluding hydrogens is 176 g/mol. The van der Waals surface area contributed by atoms with Gasteiger partial charge in [0.1, 0.15) is 0 Å². The molecule has 1 rings (SSSR count). The fourth-order valence-corrected chi connectivity index (χ4v) is 1.27. The third-order valence-corrected chi connectivity index (χ3v) is 2.30. The van der Waals surface area contributed by atoms with E-state index in [1.54, 1.807) is 6.20 Å². The molecule has 1 aromatic rings. The number of hydrogen-bond acceptors (Lipinski definition) is 3. The molecule has 1 aromatic heterocycles. The van der Waals surface area contributed by atoms with E-state index >= 15 is 0 Å². The van der Waals surface area contributed by atoms with E-state index in [0.717, 1.165) is 18.7 Å². The Labute approximate surface area is 85.2 Å². The zero-order valence-electron chi connectivity index (χ0n) is 8.83. The zero-order valence-corrected chi connectivity index (χ0v) is 8.83. The normalized spacial score (nSPS) is 12.8. The Morgan fingerprint density at radius 1 is 1.57 bits per heavy atom. The average molecular weight is 194 g/mol. The van der Waals surface area contributed by atoms with Crippen LogP contribution in [0.2, 0.25) is 0 Å². The molecule has 14 heavy (non-hydrogen) atoms. The van der Waals surface area contributed by atoms with E-state index in [1.165, 1.54) is 5.56 Å². The summed E-state index contributed by atoms with van der Waals surface area (Å²) >= 11 is 0. The lowest BCUT2D eigenvalue weighted by atomic mass is 10.2. The molecule has 0 radical (unpaired) electrons. The van der Waals surface area contributed by atoms with E-state index in [0.29, 0.717) is 6.04 Å². The van der Waals surface area contributed by atoms with E-state index in [4.69, 9.17) is 5.11 Å². The minimum Gasteiger partial charge on any atom is -0.396 e. The van der Waals surface area contributed by atoms with Gasteiger partial charge in [0.05, 0.1) is 5.69 Å². The largest absolute Gasteiger partial charge is 0.396 e. The Kier molecular flexibility index (Phi) is 4.56. The smallest absolute Gasteiger partial charge is 0.0570 e. The van der Waals surface area contributed by atoms with Gasteiger partial charge in [0.25, 0.3) is 0 Å². The highest BCUT2D eigenvalue weighted by Crippen LogP contribution is 2.03. The second-order valence-electron chi connectivity index (χ2n) is 3.56. The third kappa shape index (κ3) is 3.44. The van der Waals surface area contributed by atoms with Crippen molar-refractivity contribution in [1.82, 2.24) is 10.3 Å². The summed E-state index contributed by atoms with van der Waals surface area (Å²) in [7, 11) is 0. The molecule has 1 atom stereocenters. The first-order valence-electron chi connectivity index (χ1n) is 4.98. The molecule has 0 aliphatic carbocycles. The molecule has 0 spiro atoms. The molecule has 3 heteroatoms. The maximum absolute atomic E-state index is 8.73. The topological polar surface area (TPSA) is 45.2 Å². The van der Waals surface area contributed by atoms with Crippen molar-refractivity contribution >= 4 is 0 Å². The fraction of sp³-hybridized carbons (Fsp3) is 0.545. The highest BCUT2D eigenvalue weighted by Gasteiger charge is 2.02. The second kappa shape index (κ2) is 5.73. The molecule has 3 nitrogen and oxygen atoms in total. The summed E-state index contributed by atoms with van der Waals surface area (Å²) in [5.74, 6) is 0. The highest BCUT2D eigenvalue weighted by molar-refractivity contribution is 5.17. The van der Waals surface area contributed by atoms with Gasteiger partial charge in [-0.2, -0.15) is 0 Å². The van der Waals surface area contributed by atoms with Gasteiger partial charge < -0.3 is 10.4 Å². The Bertz CT molecular complexity index is 276. The molecule has 0 aliphatic rings. The number of hydrogen-bond donors (Lipinski definition) is 2. The predicted octanol–water partition coefficient (Wildman–Crippen LogP) is 1.25. The first-order valence-corrected chi connectivity index (χ1v) is 4.98. The molecule has 0 saturated carbocycles. The lowest BCUT2D eigenvalue weighted by Crippen LogP contribution is -2.27. The van der Waals surface area contributed by atoms with Crippen molar-refractivity contribution in [1.29, 1.82) is 0 Å². The van der Waals surface area contributed by atoms with Crippen molar-refractivity contribution in [3.8, 4) is 0 Å². The SMILES string of the molecule is Cc1cccnc1CNC(C)CCO. The second-order valence-corrected chi connectivity index (χ2v) is 3.56. The van der Waals surface area contributed by atoms with Gasteiger partial charge in [0, 0.05) is 25.4 Å². The molecule has 0 fully saturated rings. The van der Waals surface area contributed by atoms with Crippen LogP contribution in [-0.4, -0.2) is 22.7 Å². The number of aryl methyl sites for hydroxylation is 1. The predicted molar refractivity (Wildman–Crippen MR) is 57.0 cm³/mol. The van der Waals surface area contributed by atoms with Gasteiger partial charge in [0.15, 0.2) is 0 Å². The van der Waals surface area contributed by atoms with Crippen LogP contribution < -0.4 is 5.32 Å². The summed E-state index contributed by atoms with van der Waals surface area (Å²) in [5, 5.41) is 12.1. The molecule has 1 unspecified atom stereocenters. The van der Waals surface area contributed by atoms with Gasteiger partial charge >= 0.3 is 0 Å². The van der Waals surface area contributed by atoms with E-state index in [9.17, 15) is 0 Å². The fourth-order valence-electron chi connectivity index (χ4n) is 1.27. The summed E-state index contributed by atoms with van der Waals surface area (Å²) in [6, 6.07) is 4.33. The van der Waals surface area contributed by atoms with Crippen LogP contribution in [0.1, 0.15) is 24.6 Å². The third-order valence-electron chi connectivity index (χ3n) is 2.30. The molecule has 0 amide bonds. The van der Waals surface area contributed by atoms with Gasteiger partial charge in [-0.1, -0.05) is 6.07 Å². The van der Waals surface area contributed by atoms with Crippen LogP contribution in [0.4, 0.5) is 0 Å². The van der Waals surface area contributed by atoms with Crippen LogP contribution >= 0.6 is 0 Å². The average Bonchev–Trinajstić information content (AvgIpc) is 2.17. The van der Waals surface area contributed by atoms with Gasteiger partial charge in [-0.05, 0) is 31.9 Å². The van der Waals surface area contributed by atoms with Gasteiger partial charge in [0.2, 0.25) is 0 Å². The monoisotopic (exact) mass is 194 g/mol. The maximum Gasteiger partial charge on any atom is 0.0570 e. The van der Waals surface area contributed by atoms with Crippen molar-refractivity contribution in [2.45, 2.75) is 32.9 Å². The molecule has 78 valence electrons. The van der Waals surface area contributed by atoms with E-state index in [1.807, 2.05) is 6.07 Å². The number of aliphatic hydroxyl groups excluding tert-OH is 1. The summed E-state index contributed by atoms with van der Waals surface area (Å²) < 4.78 is 0. The Hall–Kier alpha value is -0.930. The number of aliphatic hydroxyl groups is 1. The van der Waals surface area contributed by atoms with Crippen molar-refractivity contribution < 1.29 is 5.11 Å². The molecule has 0 bridgehead atoms. The van der Waals surface area contributed by atoms with Crippen LogP contribution in [0.25, 0.3) is 0 Å². The van der Waals surface area contributed by atoms with E-state index in [2.05, 4.69) is 30.2 Å². The van der Waals surface area contributed by atoms with Crippen LogP contribution in [0.3, 0.4) is 0 Å². The summed E-state index contributed by atoms with van der Waals surface area (Å²) in [6.07, 6.45) is 2.59. The van der Waals surface area contributed by atoms with Gasteiger partial charge in [-0.25, -0.2) is 0 Å². The number of pyridine rings is 1. The van der Waals surface area contributed by atoms with Crippen LogP contribution in [0, 0.1) is 6.92 Å². The van der Waals surface area contributed by atoms with Crippen molar-refractivity contribution in [2.24, 2.45) is 0 Å². The Balaban J connectivity index is 2.41. The number of rotatable bonds is 5. The van der Waals surface area contributed by atoms with Crippen molar-refractivity contribution in [3.05, 3.63) is 29.6 Å². The summed E-state index contributed by atoms with van der Waals surface area (Å²) in [5.41, 5.74) is 2.29. The zero-order chi connectivity index (χ0) is 10.4. The standard InChI is InChI=1S/C11H18N2O/c1-9-4-3-6-12-11(9)8-13-10(2)5-7-14/h3-4,6,10,13-14H,5,7-8H2,1-2H3. The van der Waals surface area contributed by atoms with Crippen molar-refractivity contribution in [2.75, 3.05) is 6.61 Å². The summed E-state index contributed by atoms with van der Waals surface area (Å²) in [4.78, 5) is 4.29. The molecule has 2 N–H and O–H groups in total. The molecule has 0 aliphatic heterocycles. The van der Waals surface area contributed by atoms with E-state index in [-0.39, 0.29) is 6.61 Å². The molecular formula is C11H18N2O. The molecule has 1 heterocycles. The molecule has 0 saturated heterocycles. The molecule has 0 aromatic carbocycles. The number of nitrogens with zero attached hydrogens (tertiary/aromatic N) is 1. The maximum atomic E-state index is 8.73. The highest BCUT2D eigenvalue weighted by atomic mass is 16.3. The minimum atomic E-state index is 0.232. The first-order chi connectivity index (χ1) is 6.74. The van der Waals surface area contributed by atoms with Gasteiger partial charge in [-0.15, -0.1) is 0 Å². The lowest BCUT2D eigenvalue weighted by molar-refractivity contribution is 0.268. The van der Waals surface area contributed by atoms with Crippen molar-refractivity contribution in [3.63, 3.8) is 0 Å². The Morgan fingerprint density at radius 3 is 3.00 bits per heavy atom. The quantitative estimate of drug-likeness (QED) is 0.741. The number of nitrogens with one attached hydrogen (secondary N) is 1. The van der Waals surface area contributed by atoms with Crippen LogP contribution in [0.15, 0.2) is 18.3 Å².